The quantitative estimate of drug-likeness (QED) is 0.823. The number of pyridine rings is 1. The Morgan fingerprint density at radius 1 is 1.38 bits per heavy atom. The molecule has 24 heavy (non-hydrogen) atoms. The van der Waals surface area contributed by atoms with Crippen molar-refractivity contribution in [2.24, 2.45) is 5.92 Å². The molecule has 6 nitrogen and oxygen atoms in total. The number of anilines is 1. The maximum Gasteiger partial charge on any atom is 0.257 e. The fourth-order valence-electron chi connectivity index (χ4n) is 3.71. The van der Waals surface area contributed by atoms with Crippen LogP contribution in [-0.4, -0.2) is 66.4 Å². The fraction of sp³-hybridized carbons (Fsp3) is 0.611. The molecule has 1 unspecified atom stereocenters. The van der Waals surface area contributed by atoms with Gasteiger partial charge >= 0.3 is 0 Å². The normalized spacial score (nSPS) is 20.8. The molecule has 2 amide bonds. The lowest BCUT2D eigenvalue weighted by Gasteiger charge is -2.25. The molecule has 2 fully saturated rings. The van der Waals surface area contributed by atoms with Gasteiger partial charge in [-0.1, -0.05) is 0 Å². The average Bonchev–Trinajstić information content (AvgIpc) is 3.23. The van der Waals surface area contributed by atoms with Gasteiger partial charge in [0, 0.05) is 58.3 Å². The summed E-state index contributed by atoms with van der Waals surface area (Å²) in [5.41, 5.74) is 0.665. The highest BCUT2D eigenvalue weighted by molar-refractivity contribution is 5.99. The van der Waals surface area contributed by atoms with Crippen LogP contribution in [0.3, 0.4) is 0 Å². The molecule has 130 valence electrons. The van der Waals surface area contributed by atoms with Crippen molar-refractivity contribution in [1.82, 2.24) is 14.8 Å². The number of hydrogen-bond donors (Lipinski definition) is 0. The lowest BCUT2D eigenvalue weighted by molar-refractivity contribution is -0.127. The maximum absolute atomic E-state index is 12.8. The first kappa shape index (κ1) is 16.7. The van der Waals surface area contributed by atoms with Gasteiger partial charge in [-0.2, -0.15) is 0 Å². The zero-order valence-corrected chi connectivity index (χ0v) is 14.6. The van der Waals surface area contributed by atoms with E-state index in [0.717, 1.165) is 51.4 Å². The molecule has 0 spiro atoms. The van der Waals surface area contributed by atoms with Gasteiger partial charge < -0.3 is 14.7 Å². The molecular weight excluding hydrogens is 304 g/mol. The Balaban J connectivity index is 1.72. The van der Waals surface area contributed by atoms with Crippen molar-refractivity contribution in [2.45, 2.75) is 26.2 Å². The van der Waals surface area contributed by atoms with Crippen LogP contribution in [0.15, 0.2) is 18.3 Å². The molecule has 0 bridgehead atoms. The monoisotopic (exact) mass is 330 g/mol. The van der Waals surface area contributed by atoms with E-state index in [1.165, 1.54) is 0 Å². The SMILES string of the molecule is CCN1CC(CN(C)c2ncccc2C(=O)N2CCCC2)CC1=O. The van der Waals surface area contributed by atoms with Gasteiger partial charge in [0.2, 0.25) is 5.91 Å². The number of likely N-dealkylation sites (tertiary alicyclic amines) is 2. The van der Waals surface area contributed by atoms with E-state index in [-0.39, 0.29) is 11.8 Å². The predicted octanol–water partition coefficient (Wildman–Crippen LogP) is 1.62. The van der Waals surface area contributed by atoms with E-state index in [1.807, 2.05) is 40.8 Å². The van der Waals surface area contributed by atoms with Crippen LogP contribution in [0.25, 0.3) is 0 Å². The Morgan fingerprint density at radius 3 is 2.79 bits per heavy atom. The van der Waals surface area contributed by atoms with Gasteiger partial charge in [-0.25, -0.2) is 4.98 Å². The second kappa shape index (κ2) is 7.20. The molecule has 1 atom stereocenters. The van der Waals surface area contributed by atoms with Crippen LogP contribution < -0.4 is 4.90 Å². The van der Waals surface area contributed by atoms with Crippen LogP contribution in [0.5, 0.6) is 0 Å². The summed E-state index contributed by atoms with van der Waals surface area (Å²) in [5.74, 6) is 1.31. The number of carbonyl (C=O) groups is 2. The first-order valence-corrected chi connectivity index (χ1v) is 8.83. The third-order valence-corrected chi connectivity index (χ3v) is 4.98. The summed E-state index contributed by atoms with van der Waals surface area (Å²) in [6.07, 6.45) is 4.47. The molecule has 3 heterocycles. The molecule has 1 aromatic rings. The van der Waals surface area contributed by atoms with Crippen LogP contribution in [0.1, 0.15) is 36.5 Å². The van der Waals surface area contributed by atoms with Crippen molar-refractivity contribution in [2.75, 3.05) is 44.7 Å². The summed E-state index contributed by atoms with van der Waals surface area (Å²) in [5, 5.41) is 0. The van der Waals surface area contributed by atoms with Crippen LogP contribution in [0, 0.1) is 5.92 Å². The summed E-state index contributed by atoms with van der Waals surface area (Å²) in [7, 11) is 1.96. The van der Waals surface area contributed by atoms with Gasteiger partial charge in [-0.05, 0) is 31.9 Å². The smallest absolute Gasteiger partial charge is 0.257 e. The van der Waals surface area contributed by atoms with Crippen LogP contribution in [0.4, 0.5) is 5.82 Å². The third-order valence-electron chi connectivity index (χ3n) is 4.98. The topological polar surface area (TPSA) is 56.8 Å². The molecule has 6 heteroatoms. The van der Waals surface area contributed by atoms with Gasteiger partial charge in [0.15, 0.2) is 0 Å². The minimum atomic E-state index is 0.0696. The number of aromatic nitrogens is 1. The molecule has 0 saturated carbocycles. The zero-order chi connectivity index (χ0) is 17.1. The maximum atomic E-state index is 12.8. The second-order valence-electron chi connectivity index (χ2n) is 6.76. The van der Waals surface area contributed by atoms with Crippen molar-refractivity contribution in [1.29, 1.82) is 0 Å². The summed E-state index contributed by atoms with van der Waals surface area (Å²) >= 11 is 0. The van der Waals surface area contributed by atoms with E-state index in [1.54, 1.807) is 6.20 Å². The highest BCUT2D eigenvalue weighted by Crippen LogP contribution is 2.24. The number of hydrogen-bond acceptors (Lipinski definition) is 4. The van der Waals surface area contributed by atoms with Crippen LogP contribution >= 0.6 is 0 Å². The van der Waals surface area contributed by atoms with Gasteiger partial charge in [0.05, 0.1) is 5.56 Å². The third kappa shape index (κ3) is 3.37. The summed E-state index contributed by atoms with van der Waals surface area (Å²) < 4.78 is 0. The van der Waals surface area contributed by atoms with Gasteiger partial charge in [0.25, 0.3) is 5.91 Å². The Hall–Kier alpha value is -2.11. The van der Waals surface area contributed by atoms with E-state index in [0.29, 0.717) is 17.9 Å². The van der Waals surface area contributed by atoms with Crippen LogP contribution in [-0.2, 0) is 4.79 Å². The molecule has 0 aromatic carbocycles. The highest BCUT2D eigenvalue weighted by atomic mass is 16.2. The largest absolute Gasteiger partial charge is 0.359 e. The van der Waals surface area contributed by atoms with Gasteiger partial charge in [0.1, 0.15) is 5.82 Å². The van der Waals surface area contributed by atoms with Crippen molar-refractivity contribution in [3.8, 4) is 0 Å². The van der Waals surface area contributed by atoms with E-state index in [2.05, 4.69) is 4.98 Å². The van der Waals surface area contributed by atoms with Gasteiger partial charge in [-0.15, -0.1) is 0 Å². The van der Waals surface area contributed by atoms with Crippen molar-refractivity contribution < 1.29 is 9.59 Å². The number of carbonyl (C=O) groups excluding carboxylic acids is 2. The Bertz CT molecular complexity index is 613. The molecule has 2 saturated heterocycles. The first-order valence-electron chi connectivity index (χ1n) is 8.83. The summed E-state index contributed by atoms with van der Waals surface area (Å²) in [4.78, 5) is 35.0. The zero-order valence-electron chi connectivity index (χ0n) is 14.6. The number of amides is 2. The minimum Gasteiger partial charge on any atom is -0.359 e. The molecule has 2 aliphatic heterocycles. The molecule has 3 rings (SSSR count). The van der Waals surface area contributed by atoms with Crippen molar-refractivity contribution in [3.05, 3.63) is 23.9 Å². The Labute approximate surface area is 143 Å². The molecule has 0 aliphatic carbocycles. The molecule has 2 aliphatic rings. The van der Waals surface area contributed by atoms with Crippen LogP contribution in [0.2, 0.25) is 0 Å². The fourth-order valence-corrected chi connectivity index (χ4v) is 3.71. The standard InChI is InChI=1S/C18H26N4O2/c1-3-21-13-14(11-16(21)23)12-20(2)17-15(7-6-8-19-17)18(24)22-9-4-5-10-22/h6-8,14H,3-5,9-13H2,1-2H3. The second-order valence-corrected chi connectivity index (χ2v) is 6.76. The van der Waals surface area contributed by atoms with E-state index < -0.39 is 0 Å². The summed E-state index contributed by atoms with van der Waals surface area (Å²) in [6.45, 7) is 5.97. The van der Waals surface area contributed by atoms with Crippen molar-refractivity contribution >= 4 is 17.6 Å². The molecule has 1 aromatic heterocycles. The van der Waals surface area contributed by atoms with E-state index in [9.17, 15) is 9.59 Å². The molecular formula is C18H26N4O2. The van der Waals surface area contributed by atoms with E-state index >= 15 is 0 Å². The number of nitrogens with zero attached hydrogens (tertiary/aromatic N) is 4. The van der Waals surface area contributed by atoms with Crippen molar-refractivity contribution in [3.63, 3.8) is 0 Å². The lowest BCUT2D eigenvalue weighted by Crippen LogP contribution is -2.33. The minimum absolute atomic E-state index is 0.0696. The summed E-state index contributed by atoms with van der Waals surface area (Å²) in [6, 6.07) is 3.68. The highest BCUT2D eigenvalue weighted by Gasteiger charge is 2.30. The molecule has 0 N–H and O–H groups in total. The Morgan fingerprint density at radius 2 is 2.12 bits per heavy atom. The Kier molecular flexibility index (Phi) is 5.02. The first-order chi connectivity index (χ1) is 11.6. The lowest BCUT2D eigenvalue weighted by atomic mass is 10.1. The number of rotatable bonds is 5. The van der Waals surface area contributed by atoms with E-state index in [4.69, 9.17) is 0 Å². The van der Waals surface area contributed by atoms with Gasteiger partial charge in [-0.3, -0.25) is 9.59 Å². The average molecular weight is 330 g/mol. The predicted molar refractivity (Wildman–Crippen MR) is 93.0 cm³/mol. The molecule has 0 radical (unpaired) electrons.